The third kappa shape index (κ3) is 6.42. The first kappa shape index (κ1) is 28.0. The van der Waals surface area contributed by atoms with Crippen LogP contribution < -0.4 is 4.90 Å². The SMILES string of the molecule is CN1CCCC1CSc1nc2c(c(N3CCN(C(=O)OCc4ccccc4)C(CC#N)C3)n1)CCN(C(=O)O)C2. The molecule has 2 amide bonds. The minimum Gasteiger partial charge on any atom is -0.465 e. The van der Waals surface area contributed by atoms with Crippen LogP contribution in [0.3, 0.4) is 0 Å². The molecule has 2 aromatic rings. The quantitative estimate of drug-likeness (QED) is 0.394. The second kappa shape index (κ2) is 12.7. The molecule has 12 heteroatoms. The number of benzene rings is 1. The van der Waals surface area contributed by atoms with Gasteiger partial charge in [0.15, 0.2) is 5.16 Å². The summed E-state index contributed by atoms with van der Waals surface area (Å²) in [6.45, 7) is 3.24. The molecule has 2 fully saturated rings. The Morgan fingerprint density at radius 3 is 2.70 bits per heavy atom. The first-order valence-electron chi connectivity index (χ1n) is 13.7. The van der Waals surface area contributed by atoms with Crippen LogP contribution in [0.5, 0.6) is 0 Å². The third-order valence-corrected chi connectivity index (χ3v) is 8.91. The lowest BCUT2D eigenvalue weighted by Gasteiger charge is -2.41. The van der Waals surface area contributed by atoms with Crippen molar-refractivity contribution in [1.82, 2.24) is 24.7 Å². The average Bonchev–Trinajstić information content (AvgIpc) is 3.39. The van der Waals surface area contributed by atoms with Crippen LogP contribution in [-0.4, -0.2) is 99.6 Å². The van der Waals surface area contributed by atoms with E-state index in [4.69, 9.17) is 14.7 Å². The lowest BCUT2D eigenvalue weighted by Crippen LogP contribution is -2.56. The van der Waals surface area contributed by atoms with E-state index in [-0.39, 0.29) is 25.6 Å². The zero-order valence-corrected chi connectivity index (χ0v) is 23.6. The molecular formula is C28H35N7O4S. The van der Waals surface area contributed by atoms with Crippen molar-refractivity contribution in [2.75, 3.05) is 50.4 Å². The summed E-state index contributed by atoms with van der Waals surface area (Å²) in [5, 5.41) is 19.8. The molecule has 3 aliphatic rings. The summed E-state index contributed by atoms with van der Waals surface area (Å²) < 4.78 is 5.58. The van der Waals surface area contributed by atoms with E-state index in [1.54, 1.807) is 16.7 Å². The molecule has 2 saturated heterocycles. The van der Waals surface area contributed by atoms with E-state index in [0.717, 1.165) is 41.4 Å². The van der Waals surface area contributed by atoms with Gasteiger partial charge in [-0.05, 0) is 38.4 Å². The molecule has 0 radical (unpaired) electrons. The van der Waals surface area contributed by atoms with Crippen LogP contribution in [0.1, 0.15) is 36.1 Å². The summed E-state index contributed by atoms with van der Waals surface area (Å²) >= 11 is 1.61. The van der Waals surface area contributed by atoms with Crippen molar-refractivity contribution >= 4 is 29.8 Å². The first-order valence-corrected chi connectivity index (χ1v) is 14.7. The van der Waals surface area contributed by atoms with Crippen molar-refractivity contribution in [1.29, 1.82) is 5.26 Å². The molecular weight excluding hydrogens is 530 g/mol. The van der Waals surface area contributed by atoms with E-state index in [1.165, 1.54) is 11.3 Å². The fourth-order valence-electron chi connectivity index (χ4n) is 5.61. The summed E-state index contributed by atoms with van der Waals surface area (Å²) in [6.07, 6.45) is 1.64. The number of rotatable bonds is 7. The topological polar surface area (TPSA) is 126 Å². The molecule has 3 aliphatic heterocycles. The molecule has 4 heterocycles. The van der Waals surface area contributed by atoms with Crippen LogP contribution in [0.4, 0.5) is 15.4 Å². The number of piperazine rings is 1. The van der Waals surface area contributed by atoms with Gasteiger partial charge in [-0.1, -0.05) is 42.1 Å². The highest BCUT2D eigenvalue weighted by Gasteiger charge is 2.35. The zero-order valence-electron chi connectivity index (χ0n) is 22.7. The number of amides is 2. The van der Waals surface area contributed by atoms with Crippen LogP contribution in [0.25, 0.3) is 0 Å². The number of hydrogen-bond donors (Lipinski definition) is 1. The van der Waals surface area contributed by atoms with E-state index < -0.39 is 12.2 Å². The minimum absolute atomic E-state index is 0.173. The first-order chi connectivity index (χ1) is 19.4. The number of hydrogen-bond acceptors (Lipinski definition) is 9. The number of nitriles is 1. The van der Waals surface area contributed by atoms with Gasteiger partial charge in [0.1, 0.15) is 12.4 Å². The van der Waals surface area contributed by atoms with E-state index in [0.29, 0.717) is 43.8 Å². The van der Waals surface area contributed by atoms with Crippen molar-refractivity contribution in [3.05, 3.63) is 47.2 Å². The van der Waals surface area contributed by atoms with Crippen LogP contribution >= 0.6 is 11.8 Å². The van der Waals surface area contributed by atoms with Crippen molar-refractivity contribution in [3.63, 3.8) is 0 Å². The Balaban J connectivity index is 1.34. The minimum atomic E-state index is -0.954. The zero-order chi connectivity index (χ0) is 28.1. The molecule has 0 spiro atoms. The van der Waals surface area contributed by atoms with Crippen LogP contribution in [0.15, 0.2) is 35.5 Å². The summed E-state index contributed by atoms with van der Waals surface area (Å²) in [6, 6.07) is 11.9. The standard InChI is InChI=1S/C28H35N7O4S/c1-32-12-5-8-22(32)19-40-26-30-24-17-34(27(36)37)13-10-23(24)25(31-26)33-14-15-35(21(16-33)9-11-29)28(38)39-18-20-6-3-2-4-7-20/h2-4,6-7,21-22H,5,8-10,12-19H2,1H3,(H,36,37). The summed E-state index contributed by atoms with van der Waals surface area (Å²) in [5.74, 6) is 1.66. The highest BCUT2D eigenvalue weighted by Crippen LogP contribution is 2.32. The van der Waals surface area contributed by atoms with Gasteiger partial charge in [0.05, 0.1) is 30.8 Å². The third-order valence-electron chi connectivity index (χ3n) is 7.92. The number of carboxylic acid groups (broad SMARTS) is 1. The van der Waals surface area contributed by atoms with Crippen molar-refractivity contribution < 1.29 is 19.4 Å². The van der Waals surface area contributed by atoms with E-state index in [2.05, 4.69) is 22.9 Å². The lowest BCUT2D eigenvalue weighted by atomic mass is 10.0. The maximum Gasteiger partial charge on any atom is 0.410 e. The van der Waals surface area contributed by atoms with Gasteiger partial charge in [0.2, 0.25) is 0 Å². The number of anilines is 1. The van der Waals surface area contributed by atoms with Gasteiger partial charge < -0.3 is 29.4 Å². The highest BCUT2D eigenvalue weighted by atomic mass is 32.2. The molecule has 2 unspecified atom stereocenters. The Morgan fingerprint density at radius 2 is 1.98 bits per heavy atom. The molecule has 1 N–H and O–H groups in total. The van der Waals surface area contributed by atoms with Gasteiger partial charge in [-0.25, -0.2) is 19.6 Å². The number of carbonyl (C=O) groups excluding carboxylic acids is 1. The number of aromatic nitrogens is 2. The molecule has 0 saturated carbocycles. The van der Waals surface area contributed by atoms with Gasteiger partial charge in [0, 0.05) is 43.5 Å². The second-order valence-electron chi connectivity index (χ2n) is 10.5. The molecule has 0 bridgehead atoms. The Hall–Kier alpha value is -3.56. The Labute approximate surface area is 238 Å². The van der Waals surface area contributed by atoms with E-state index in [1.807, 2.05) is 30.3 Å². The normalized spacial score (nSPS) is 21.1. The molecule has 0 aliphatic carbocycles. The molecule has 212 valence electrons. The predicted octanol–water partition coefficient (Wildman–Crippen LogP) is 3.44. The summed E-state index contributed by atoms with van der Waals surface area (Å²) in [7, 11) is 2.14. The molecule has 1 aromatic heterocycles. The van der Waals surface area contributed by atoms with Gasteiger partial charge in [-0.15, -0.1) is 0 Å². The Morgan fingerprint density at radius 1 is 1.15 bits per heavy atom. The number of thioether (sulfide) groups is 1. The van der Waals surface area contributed by atoms with Gasteiger partial charge in [-0.2, -0.15) is 5.26 Å². The predicted molar refractivity (Wildman–Crippen MR) is 150 cm³/mol. The molecule has 11 nitrogen and oxygen atoms in total. The number of ether oxygens (including phenoxy) is 1. The number of fused-ring (bicyclic) bond motifs is 1. The van der Waals surface area contributed by atoms with E-state index >= 15 is 0 Å². The number of likely N-dealkylation sites (tertiary alicyclic amines) is 1. The molecule has 40 heavy (non-hydrogen) atoms. The van der Waals surface area contributed by atoms with Crippen LogP contribution in [-0.2, 0) is 24.3 Å². The van der Waals surface area contributed by atoms with Gasteiger partial charge >= 0.3 is 12.2 Å². The van der Waals surface area contributed by atoms with Crippen LogP contribution in [0, 0.1) is 11.3 Å². The monoisotopic (exact) mass is 565 g/mol. The summed E-state index contributed by atoms with van der Waals surface area (Å²) in [5.41, 5.74) is 2.60. The largest absolute Gasteiger partial charge is 0.465 e. The highest BCUT2D eigenvalue weighted by molar-refractivity contribution is 7.99. The lowest BCUT2D eigenvalue weighted by molar-refractivity contribution is 0.0767. The maximum absolute atomic E-state index is 13.0. The van der Waals surface area contributed by atoms with Crippen molar-refractivity contribution in [2.24, 2.45) is 0 Å². The van der Waals surface area contributed by atoms with Crippen molar-refractivity contribution in [2.45, 2.75) is 56.1 Å². The fourth-order valence-corrected chi connectivity index (χ4v) is 6.70. The van der Waals surface area contributed by atoms with Gasteiger partial charge in [0.25, 0.3) is 0 Å². The Bertz CT molecular complexity index is 1260. The molecule has 2 atom stereocenters. The maximum atomic E-state index is 13.0. The van der Waals surface area contributed by atoms with Crippen molar-refractivity contribution in [3.8, 4) is 6.07 Å². The summed E-state index contributed by atoms with van der Waals surface area (Å²) in [4.78, 5) is 42.0. The van der Waals surface area contributed by atoms with Crippen LogP contribution in [0.2, 0.25) is 0 Å². The van der Waals surface area contributed by atoms with E-state index in [9.17, 15) is 20.0 Å². The number of nitrogens with zero attached hydrogens (tertiary/aromatic N) is 7. The van der Waals surface area contributed by atoms with Gasteiger partial charge in [-0.3, -0.25) is 0 Å². The average molecular weight is 566 g/mol. The number of carbonyl (C=O) groups is 2. The molecule has 1 aromatic carbocycles. The molecule has 5 rings (SSSR count). The Kier molecular flexibility index (Phi) is 8.91. The second-order valence-corrected chi connectivity index (χ2v) is 11.5. The fraction of sp³-hybridized carbons (Fsp3) is 0.536. The smallest absolute Gasteiger partial charge is 0.410 e.